The summed E-state index contributed by atoms with van der Waals surface area (Å²) in [6, 6.07) is 19.3. The number of rotatable bonds is 6. The fourth-order valence-electron chi connectivity index (χ4n) is 3.13. The van der Waals surface area contributed by atoms with Crippen molar-refractivity contribution in [3.63, 3.8) is 0 Å². The third-order valence-electron chi connectivity index (χ3n) is 5.18. The van der Waals surface area contributed by atoms with Crippen molar-refractivity contribution in [2.45, 2.75) is 33.1 Å². The summed E-state index contributed by atoms with van der Waals surface area (Å²) in [5, 5.41) is 2.81. The Morgan fingerprint density at radius 3 is 2.03 bits per heavy atom. The van der Waals surface area contributed by atoms with Crippen molar-refractivity contribution in [3.05, 3.63) is 93.5 Å². The number of carbonyl (C=O) groups excluding carboxylic acids is 3. The molecule has 3 amide bonds. The minimum Gasteiger partial charge on any atom is -0.483 e. The van der Waals surface area contributed by atoms with Crippen molar-refractivity contribution < 1.29 is 19.1 Å². The minimum absolute atomic E-state index is 0.0101. The summed E-state index contributed by atoms with van der Waals surface area (Å²) in [6.07, 6.45) is 0. The van der Waals surface area contributed by atoms with Gasteiger partial charge in [0.15, 0.2) is 6.61 Å². The molecule has 35 heavy (non-hydrogen) atoms. The number of halogens is 1. The van der Waals surface area contributed by atoms with Crippen LogP contribution in [-0.2, 0) is 10.2 Å². The van der Waals surface area contributed by atoms with Crippen LogP contribution in [0.3, 0.4) is 0 Å². The van der Waals surface area contributed by atoms with Crippen LogP contribution in [0.15, 0.2) is 71.2 Å². The van der Waals surface area contributed by atoms with E-state index in [-0.39, 0.29) is 17.9 Å². The molecule has 7 nitrogen and oxygen atoms in total. The zero-order valence-electron chi connectivity index (χ0n) is 20.1. The Balaban J connectivity index is 1.48. The molecular formula is C27H28BrN3O4. The normalized spacial score (nSPS) is 10.9. The summed E-state index contributed by atoms with van der Waals surface area (Å²) < 4.78 is 6.19. The first-order chi connectivity index (χ1) is 16.5. The molecule has 3 rings (SSSR count). The van der Waals surface area contributed by atoms with Crippen LogP contribution >= 0.6 is 15.9 Å². The first kappa shape index (κ1) is 26.0. The quantitative estimate of drug-likeness (QED) is 0.379. The van der Waals surface area contributed by atoms with Gasteiger partial charge < -0.3 is 10.1 Å². The molecule has 0 fully saturated rings. The predicted octanol–water partition coefficient (Wildman–Crippen LogP) is 5.15. The van der Waals surface area contributed by atoms with E-state index in [1.807, 2.05) is 31.2 Å². The molecule has 8 heteroatoms. The molecule has 0 aliphatic rings. The number of hydrogen-bond donors (Lipinski definition) is 3. The number of carbonyl (C=O) groups is 3. The minimum atomic E-state index is -0.507. The Labute approximate surface area is 213 Å². The predicted molar refractivity (Wildman–Crippen MR) is 140 cm³/mol. The lowest BCUT2D eigenvalue weighted by Gasteiger charge is -2.19. The summed E-state index contributed by atoms with van der Waals surface area (Å²) >= 11 is 3.38. The van der Waals surface area contributed by atoms with Crippen molar-refractivity contribution in [3.8, 4) is 5.75 Å². The number of aryl methyl sites for hydroxylation is 1. The highest BCUT2D eigenvalue weighted by Crippen LogP contribution is 2.25. The van der Waals surface area contributed by atoms with Gasteiger partial charge in [-0.15, -0.1) is 0 Å². The molecule has 0 aliphatic carbocycles. The van der Waals surface area contributed by atoms with E-state index in [1.165, 1.54) is 0 Å². The molecule has 0 saturated heterocycles. The first-order valence-corrected chi connectivity index (χ1v) is 11.8. The number of amides is 3. The van der Waals surface area contributed by atoms with E-state index in [4.69, 9.17) is 4.74 Å². The summed E-state index contributed by atoms with van der Waals surface area (Å²) in [5.41, 5.74) is 8.28. The molecule has 182 valence electrons. The molecule has 0 bridgehead atoms. The van der Waals surface area contributed by atoms with E-state index in [1.54, 1.807) is 42.5 Å². The standard InChI is InChI=1S/C27H28BrN3O4/c1-17-5-14-23(22(28)15-17)35-16-24(32)30-31-26(34)19-8-12-21(13-9-19)29-25(33)18-6-10-20(11-7-18)27(2,3)4/h5-15H,16H2,1-4H3,(H,29,33)(H,30,32)(H,31,34). The van der Waals surface area contributed by atoms with E-state index >= 15 is 0 Å². The average molecular weight is 538 g/mol. The van der Waals surface area contributed by atoms with Gasteiger partial charge in [-0.1, -0.05) is 39.0 Å². The molecule has 0 atom stereocenters. The van der Waals surface area contributed by atoms with Gasteiger partial charge in [-0.05, 0) is 87.9 Å². The fourth-order valence-corrected chi connectivity index (χ4v) is 3.74. The van der Waals surface area contributed by atoms with E-state index in [0.29, 0.717) is 22.6 Å². The molecule has 3 aromatic carbocycles. The van der Waals surface area contributed by atoms with Crippen molar-refractivity contribution >= 4 is 39.3 Å². The van der Waals surface area contributed by atoms with Gasteiger partial charge in [0, 0.05) is 16.8 Å². The Kier molecular flexibility index (Phi) is 8.30. The van der Waals surface area contributed by atoms with Crippen molar-refractivity contribution in [2.24, 2.45) is 0 Å². The molecule has 0 saturated carbocycles. The fraction of sp³-hybridized carbons (Fsp3) is 0.222. The van der Waals surface area contributed by atoms with Crippen LogP contribution in [0.2, 0.25) is 0 Å². The van der Waals surface area contributed by atoms with Crippen molar-refractivity contribution in [1.82, 2.24) is 10.9 Å². The third kappa shape index (κ3) is 7.42. The SMILES string of the molecule is Cc1ccc(OCC(=O)NNC(=O)c2ccc(NC(=O)c3ccc(C(C)(C)C)cc3)cc2)c(Br)c1. The highest BCUT2D eigenvalue weighted by atomic mass is 79.9. The molecule has 0 aliphatic heterocycles. The van der Waals surface area contributed by atoms with Gasteiger partial charge >= 0.3 is 0 Å². The number of hydrogen-bond acceptors (Lipinski definition) is 4. The van der Waals surface area contributed by atoms with Crippen LogP contribution in [0.4, 0.5) is 5.69 Å². The molecule has 3 aromatic rings. The summed E-state index contributed by atoms with van der Waals surface area (Å²) in [4.78, 5) is 36.8. The highest BCUT2D eigenvalue weighted by molar-refractivity contribution is 9.10. The van der Waals surface area contributed by atoms with Crippen molar-refractivity contribution in [2.75, 3.05) is 11.9 Å². The molecule has 0 aromatic heterocycles. The third-order valence-corrected chi connectivity index (χ3v) is 5.80. The number of hydrazine groups is 1. The van der Waals surface area contributed by atoms with Crippen LogP contribution in [0.1, 0.15) is 52.6 Å². The number of anilines is 1. The second-order valence-electron chi connectivity index (χ2n) is 9.08. The molecule has 0 spiro atoms. The van der Waals surface area contributed by atoms with Gasteiger partial charge in [0.2, 0.25) is 0 Å². The molecule has 0 radical (unpaired) electrons. The van der Waals surface area contributed by atoms with E-state index in [9.17, 15) is 14.4 Å². The topological polar surface area (TPSA) is 96.5 Å². The van der Waals surface area contributed by atoms with E-state index in [0.717, 1.165) is 15.6 Å². The van der Waals surface area contributed by atoms with Crippen LogP contribution in [0, 0.1) is 6.92 Å². The van der Waals surface area contributed by atoms with Crippen LogP contribution in [-0.4, -0.2) is 24.3 Å². The summed E-state index contributed by atoms with van der Waals surface area (Å²) in [5.74, 6) is -0.715. The lowest BCUT2D eigenvalue weighted by molar-refractivity contribution is -0.123. The lowest BCUT2D eigenvalue weighted by Crippen LogP contribution is -2.43. The van der Waals surface area contributed by atoms with Gasteiger partial charge in [0.05, 0.1) is 4.47 Å². The first-order valence-electron chi connectivity index (χ1n) is 11.0. The molecule has 0 unspecified atom stereocenters. The van der Waals surface area contributed by atoms with Gasteiger partial charge in [-0.3, -0.25) is 25.2 Å². The summed E-state index contributed by atoms with van der Waals surface area (Å²) in [7, 11) is 0. The van der Waals surface area contributed by atoms with Gasteiger partial charge in [0.25, 0.3) is 17.7 Å². The van der Waals surface area contributed by atoms with E-state index in [2.05, 4.69) is 52.9 Å². The maximum Gasteiger partial charge on any atom is 0.276 e. The monoisotopic (exact) mass is 537 g/mol. The molecule has 3 N–H and O–H groups in total. The summed E-state index contributed by atoms with van der Waals surface area (Å²) in [6.45, 7) is 8.03. The van der Waals surface area contributed by atoms with Gasteiger partial charge in [-0.25, -0.2) is 0 Å². The van der Waals surface area contributed by atoms with Crippen LogP contribution in [0.5, 0.6) is 5.75 Å². The second kappa shape index (κ2) is 11.2. The van der Waals surface area contributed by atoms with Crippen LogP contribution in [0.25, 0.3) is 0 Å². The maximum atomic E-state index is 12.5. The number of ether oxygens (including phenoxy) is 1. The van der Waals surface area contributed by atoms with Gasteiger partial charge in [-0.2, -0.15) is 0 Å². The highest BCUT2D eigenvalue weighted by Gasteiger charge is 2.15. The zero-order chi connectivity index (χ0) is 25.6. The second-order valence-corrected chi connectivity index (χ2v) is 9.94. The largest absolute Gasteiger partial charge is 0.483 e. The molecule has 0 heterocycles. The Bertz CT molecular complexity index is 1220. The van der Waals surface area contributed by atoms with Gasteiger partial charge in [0.1, 0.15) is 5.75 Å². The average Bonchev–Trinajstić information content (AvgIpc) is 2.82. The Morgan fingerprint density at radius 1 is 0.829 bits per heavy atom. The number of benzene rings is 3. The Morgan fingerprint density at radius 2 is 1.43 bits per heavy atom. The van der Waals surface area contributed by atoms with E-state index < -0.39 is 11.8 Å². The lowest BCUT2D eigenvalue weighted by atomic mass is 9.87. The maximum absolute atomic E-state index is 12.5. The smallest absolute Gasteiger partial charge is 0.276 e. The zero-order valence-corrected chi connectivity index (χ0v) is 21.7. The number of nitrogens with one attached hydrogen (secondary N) is 3. The van der Waals surface area contributed by atoms with Crippen molar-refractivity contribution in [1.29, 1.82) is 0 Å². The molecular weight excluding hydrogens is 510 g/mol. The Hall–Kier alpha value is -3.65. The van der Waals surface area contributed by atoms with Crippen LogP contribution < -0.4 is 20.9 Å².